The molecule has 0 saturated carbocycles. The molecule has 0 aliphatic heterocycles. The first-order chi connectivity index (χ1) is 7.28. The summed E-state index contributed by atoms with van der Waals surface area (Å²) in [5.41, 5.74) is 4.73. The van der Waals surface area contributed by atoms with Crippen molar-refractivity contribution in [3.63, 3.8) is 0 Å². The smallest absolute Gasteiger partial charge is 0.220 e. The van der Waals surface area contributed by atoms with Crippen LogP contribution < -0.4 is 11.1 Å². The van der Waals surface area contributed by atoms with Crippen LogP contribution in [-0.4, -0.2) is 31.1 Å². The molecule has 16 heavy (non-hydrogen) atoms. The lowest BCUT2D eigenvalue weighted by Gasteiger charge is -2.23. The quantitative estimate of drug-likeness (QED) is 0.665. The number of ether oxygens (including phenoxy) is 1. The molecule has 0 rings (SSSR count). The van der Waals surface area contributed by atoms with Gasteiger partial charge in [-0.1, -0.05) is 6.92 Å². The number of primary amides is 1. The third-order valence-electron chi connectivity index (χ3n) is 2.55. The van der Waals surface area contributed by atoms with Crippen molar-refractivity contribution < 1.29 is 14.3 Å². The number of nitrogens with one attached hydrogen (secondary N) is 1. The molecule has 0 aromatic carbocycles. The first-order valence-electron chi connectivity index (χ1n) is 5.39. The number of rotatable bonds is 7. The first kappa shape index (κ1) is 14.9. The van der Waals surface area contributed by atoms with E-state index in [4.69, 9.17) is 10.5 Å². The number of nitrogens with two attached hydrogens (primary N) is 1. The minimum atomic E-state index is -0.370. The number of carbonyl (C=O) groups is 2. The fourth-order valence-corrected chi connectivity index (χ4v) is 0.962. The average Bonchev–Trinajstić information content (AvgIpc) is 2.23. The molecule has 0 bridgehead atoms. The van der Waals surface area contributed by atoms with Crippen LogP contribution in [0.4, 0.5) is 0 Å². The van der Waals surface area contributed by atoms with Gasteiger partial charge in [-0.2, -0.15) is 0 Å². The highest BCUT2D eigenvalue weighted by atomic mass is 16.5. The molecular weight excluding hydrogens is 208 g/mol. The molecule has 0 aromatic rings. The van der Waals surface area contributed by atoms with E-state index in [0.717, 1.165) is 0 Å². The SMILES string of the molecule is COC(C)(C)CNC(=O)CC[C@H](C)C(N)=O. The maximum absolute atomic E-state index is 11.4. The van der Waals surface area contributed by atoms with Crippen LogP contribution in [0.15, 0.2) is 0 Å². The highest BCUT2D eigenvalue weighted by Crippen LogP contribution is 2.07. The van der Waals surface area contributed by atoms with Gasteiger partial charge in [-0.15, -0.1) is 0 Å². The third-order valence-corrected chi connectivity index (χ3v) is 2.55. The molecule has 0 unspecified atom stereocenters. The van der Waals surface area contributed by atoms with Crippen LogP contribution >= 0.6 is 0 Å². The molecule has 0 heterocycles. The lowest BCUT2D eigenvalue weighted by molar-refractivity contribution is -0.124. The second-order valence-corrected chi connectivity index (χ2v) is 4.58. The summed E-state index contributed by atoms with van der Waals surface area (Å²) in [5.74, 6) is -0.718. The van der Waals surface area contributed by atoms with Crippen LogP contribution in [0.3, 0.4) is 0 Å². The van der Waals surface area contributed by atoms with Gasteiger partial charge in [-0.05, 0) is 20.3 Å². The zero-order chi connectivity index (χ0) is 12.8. The lowest BCUT2D eigenvalue weighted by atomic mass is 10.0. The highest BCUT2D eigenvalue weighted by molar-refractivity contribution is 5.79. The highest BCUT2D eigenvalue weighted by Gasteiger charge is 2.18. The van der Waals surface area contributed by atoms with E-state index >= 15 is 0 Å². The number of hydrogen-bond donors (Lipinski definition) is 2. The molecule has 0 spiro atoms. The van der Waals surface area contributed by atoms with E-state index < -0.39 is 0 Å². The Balaban J connectivity index is 3.80. The fourth-order valence-electron chi connectivity index (χ4n) is 0.962. The van der Waals surface area contributed by atoms with Crippen molar-refractivity contribution in [1.29, 1.82) is 0 Å². The molecule has 94 valence electrons. The van der Waals surface area contributed by atoms with Crippen LogP contribution in [0.2, 0.25) is 0 Å². The van der Waals surface area contributed by atoms with Gasteiger partial charge >= 0.3 is 0 Å². The van der Waals surface area contributed by atoms with Gasteiger partial charge in [0.1, 0.15) is 0 Å². The predicted octanol–water partition coefficient (Wildman–Crippen LogP) is 0.429. The Morgan fingerprint density at radius 1 is 1.44 bits per heavy atom. The largest absolute Gasteiger partial charge is 0.377 e. The van der Waals surface area contributed by atoms with E-state index in [0.29, 0.717) is 19.4 Å². The average molecular weight is 230 g/mol. The van der Waals surface area contributed by atoms with Gasteiger partial charge in [0, 0.05) is 26.0 Å². The van der Waals surface area contributed by atoms with Gasteiger partial charge in [-0.25, -0.2) is 0 Å². The fraction of sp³-hybridized carbons (Fsp3) is 0.818. The van der Waals surface area contributed by atoms with Crippen LogP contribution in [0, 0.1) is 5.92 Å². The third kappa shape index (κ3) is 6.40. The number of amides is 2. The lowest BCUT2D eigenvalue weighted by Crippen LogP contribution is -2.39. The van der Waals surface area contributed by atoms with E-state index in [1.54, 1.807) is 14.0 Å². The Bertz CT molecular complexity index is 252. The Kier molecular flexibility index (Phi) is 6.03. The molecule has 0 aliphatic rings. The Hall–Kier alpha value is -1.10. The van der Waals surface area contributed by atoms with Crippen LogP contribution in [0.25, 0.3) is 0 Å². The Morgan fingerprint density at radius 3 is 2.44 bits per heavy atom. The van der Waals surface area contributed by atoms with Crippen molar-refractivity contribution in [3.05, 3.63) is 0 Å². The summed E-state index contributed by atoms with van der Waals surface area (Å²) in [4.78, 5) is 22.2. The maximum Gasteiger partial charge on any atom is 0.220 e. The minimum absolute atomic E-state index is 0.0850. The van der Waals surface area contributed by atoms with Crippen molar-refractivity contribution >= 4 is 11.8 Å². The van der Waals surface area contributed by atoms with Gasteiger partial charge in [0.15, 0.2) is 0 Å². The van der Waals surface area contributed by atoms with E-state index in [2.05, 4.69) is 5.32 Å². The number of methoxy groups -OCH3 is 1. The second-order valence-electron chi connectivity index (χ2n) is 4.58. The van der Waals surface area contributed by atoms with Gasteiger partial charge in [0.25, 0.3) is 0 Å². The van der Waals surface area contributed by atoms with Crippen LogP contribution in [0.1, 0.15) is 33.6 Å². The predicted molar refractivity (Wildman–Crippen MR) is 61.7 cm³/mol. The first-order valence-corrected chi connectivity index (χ1v) is 5.39. The Labute approximate surface area is 96.7 Å². The second kappa shape index (κ2) is 6.48. The molecule has 0 aliphatic carbocycles. The van der Waals surface area contributed by atoms with Crippen molar-refractivity contribution in [1.82, 2.24) is 5.32 Å². The summed E-state index contributed by atoms with van der Waals surface area (Å²) in [7, 11) is 1.60. The van der Waals surface area contributed by atoms with Crippen molar-refractivity contribution in [3.8, 4) is 0 Å². The summed E-state index contributed by atoms with van der Waals surface area (Å²) >= 11 is 0. The molecule has 0 radical (unpaired) electrons. The molecular formula is C11H22N2O3. The molecule has 5 heteroatoms. The molecule has 0 fully saturated rings. The van der Waals surface area contributed by atoms with Crippen LogP contribution in [-0.2, 0) is 14.3 Å². The standard InChI is InChI=1S/C11H22N2O3/c1-8(10(12)15)5-6-9(14)13-7-11(2,3)16-4/h8H,5-7H2,1-4H3,(H2,12,15)(H,13,14)/t8-/m0/s1. The summed E-state index contributed by atoms with van der Waals surface area (Å²) in [6.07, 6.45) is 0.790. The molecule has 3 N–H and O–H groups in total. The van der Waals surface area contributed by atoms with E-state index in [1.165, 1.54) is 0 Å². The van der Waals surface area contributed by atoms with Gasteiger partial charge in [0.2, 0.25) is 11.8 Å². The van der Waals surface area contributed by atoms with E-state index in [-0.39, 0.29) is 23.3 Å². The molecule has 0 saturated heterocycles. The van der Waals surface area contributed by atoms with Crippen molar-refractivity contribution in [2.24, 2.45) is 11.7 Å². The van der Waals surface area contributed by atoms with Crippen molar-refractivity contribution in [2.75, 3.05) is 13.7 Å². The van der Waals surface area contributed by atoms with Gasteiger partial charge < -0.3 is 15.8 Å². The van der Waals surface area contributed by atoms with E-state index in [1.807, 2.05) is 13.8 Å². The number of carbonyl (C=O) groups excluding carboxylic acids is 2. The summed E-state index contributed by atoms with van der Waals surface area (Å²) in [6, 6.07) is 0. The zero-order valence-electron chi connectivity index (χ0n) is 10.5. The maximum atomic E-state index is 11.4. The topological polar surface area (TPSA) is 81.4 Å². The Morgan fingerprint density at radius 2 is 2.00 bits per heavy atom. The van der Waals surface area contributed by atoms with Crippen molar-refractivity contribution in [2.45, 2.75) is 39.2 Å². The summed E-state index contributed by atoms with van der Waals surface area (Å²) < 4.78 is 5.16. The minimum Gasteiger partial charge on any atom is -0.377 e. The summed E-state index contributed by atoms with van der Waals surface area (Å²) in [6.45, 7) is 5.95. The molecule has 2 amide bonds. The zero-order valence-corrected chi connectivity index (χ0v) is 10.5. The molecule has 0 aromatic heterocycles. The molecule has 5 nitrogen and oxygen atoms in total. The van der Waals surface area contributed by atoms with Gasteiger partial charge in [-0.3, -0.25) is 9.59 Å². The normalized spacial score (nSPS) is 13.2. The van der Waals surface area contributed by atoms with E-state index in [9.17, 15) is 9.59 Å². The summed E-state index contributed by atoms with van der Waals surface area (Å²) in [5, 5.41) is 2.75. The van der Waals surface area contributed by atoms with Crippen LogP contribution in [0.5, 0.6) is 0 Å². The molecule has 1 atom stereocenters. The number of hydrogen-bond acceptors (Lipinski definition) is 3. The van der Waals surface area contributed by atoms with Gasteiger partial charge in [0.05, 0.1) is 5.60 Å². The monoisotopic (exact) mass is 230 g/mol.